The number of anilines is 1. The second-order valence-corrected chi connectivity index (χ2v) is 6.40. The molecule has 8 nitrogen and oxygen atoms in total. The van der Waals surface area contributed by atoms with E-state index in [9.17, 15) is 14.9 Å². The van der Waals surface area contributed by atoms with Gasteiger partial charge in [0.2, 0.25) is 5.13 Å². The number of hydrogen-bond acceptors (Lipinski definition) is 7. The van der Waals surface area contributed by atoms with Crippen LogP contribution in [0.1, 0.15) is 10.4 Å². The summed E-state index contributed by atoms with van der Waals surface area (Å²) in [5, 5.41) is 22.2. The van der Waals surface area contributed by atoms with Crippen LogP contribution in [0.3, 0.4) is 0 Å². The smallest absolute Gasteiger partial charge is 0.288 e. The SMILES string of the molecule is COc1ccc(C(=O)Nc2nnc(-c3ccc(Cl)c([N+](=O)[O-])c3)s2)cc1. The van der Waals surface area contributed by atoms with E-state index in [1.165, 1.54) is 12.1 Å². The molecule has 0 aliphatic rings. The second-order valence-electron chi connectivity index (χ2n) is 5.02. The number of methoxy groups -OCH3 is 1. The molecule has 2 aromatic carbocycles. The molecule has 0 saturated heterocycles. The number of carbonyl (C=O) groups is 1. The molecule has 132 valence electrons. The predicted molar refractivity (Wildman–Crippen MR) is 98.0 cm³/mol. The molecule has 3 rings (SSSR count). The second kappa shape index (κ2) is 7.46. The van der Waals surface area contributed by atoms with Gasteiger partial charge in [0.15, 0.2) is 0 Å². The molecule has 0 bridgehead atoms. The maximum absolute atomic E-state index is 12.2. The zero-order valence-corrected chi connectivity index (χ0v) is 14.9. The summed E-state index contributed by atoms with van der Waals surface area (Å²) in [6, 6.07) is 10.9. The van der Waals surface area contributed by atoms with Crippen molar-refractivity contribution in [2.45, 2.75) is 0 Å². The highest BCUT2D eigenvalue weighted by molar-refractivity contribution is 7.18. The Morgan fingerprint density at radius 1 is 1.23 bits per heavy atom. The Morgan fingerprint density at radius 2 is 1.96 bits per heavy atom. The van der Waals surface area contributed by atoms with E-state index in [1.807, 2.05) is 0 Å². The van der Waals surface area contributed by atoms with E-state index in [-0.39, 0.29) is 21.7 Å². The van der Waals surface area contributed by atoms with Gasteiger partial charge in [-0.15, -0.1) is 10.2 Å². The van der Waals surface area contributed by atoms with E-state index in [2.05, 4.69) is 15.5 Å². The van der Waals surface area contributed by atoms with Crippen LogP contribution in [-0.2, 0) is 0 Å². The summed E-state index contributed by atoms with van der Waals surface area (Å²) in [6.07, 6.45) is 0. The van der Waals surface area contributed by atoms with Crippen molar-refractivity contribution in [3.63, 3.8) is 0 Å². The molecule has 1 amide bonds. The summed E-state index contributed by atoms with van der Waals surface area (Å²) in [4.78, 5) is 22.6. The van der Waals surface area contributed by atoms with Gasteiger partial charge in [-0.3, -0.25) is 20.2 Å². The summed E-state index contributed by atoms with van der Waals surface area (Å²) in [5.41, 5.74) is 0.705. The molecule has 0 aliphatic heterocycles. The molecule has 0 radical (unpaired) electrons. The van der Waals surface area contributed by atoms with Gasteiger partial charge >= 0.3 is 0 Å². The normalized spacial score (nSPS) is 10.4. The minimum Gasteiger partial charge on any atom is -0.497 e. The maximum Gasteiger partial charge on any atom is 0.288 e. The predicted octanol–water partition coefficient (Wildman–Crippen LogP) is 4.03. The number of nitrogens with zero attached hydrogens (tertiary/aromatic N) is 3. The van der Waals surface area contributed by atoms with Crippen LogP contribution in [0.5, 0.6) is 5.75 Å². The monoisotopic (exact) mass is 390 g/mol. The van der Waals surface area contributed by atoms with E-state index >= 15 is 0 Å². The van der Waals surface area contributed by atoms with Gasteiger partial charge in [-0.1, -0.05) is 22.9 Å². The van der Waals surface area contributed by atoms with Gasteiger partial charge in [0.1, 0.15) is 15.8 Å². The number of carbonyl (C=O) groups excluding carboxylic acids is 1. The third kappa shape index (κ3) is 3.79. The molecule has 0 spiro atoms. The maximum atomic E-state index is 12.2. The zero-order valence-electron chi connectivity index (χ0n) is 13.3. The van der Waals surface area contributed by atoms with Crippen LogP contribution in [-0.4, -0.2) is 28.1 Å². The van der Waals surface area contributed by atoms with Crippen LogP contribution >= 0.6 is 22.9 Å². The van der Waals surface area contributed by atoms with Crippen LogP contribution in [0.4, 0.5) is 10.8 Å². The minimum absolute atomic E-state index is 0.0382. The van der Waals surface area contributed by atoms with Crippen LogP contribution in [0.25, 0.3) is 10.6 Å². The summed E-state index contributed by atoms with van der Waals surface area (Å²) >= 11 is 6.90. The van der Waals surface area contributed by atoms with Gasteiger partial charge in [-0.05, 0) is 36.4 Å². The van der Waals surface area contributed by atoms with Crippen LogP contribution < -0.4 is 10.1 Å². The average molecular weight is 391 g/mol. The van der Waals surface area contributed by atoms with Crippen molar-refractivity contribution in [1.29, 1.82) is 0 Å². The lowest BCUT2D eigenvalue weighted by molar-refractivity contribution is -0.384. The fourth-order valence-electron chi connectivity index (χ4n) is 2.09. The molecular weight excluding hydrogens is 380 g/mol. The quantitative estimate of drug-likeness (QED) is 0.520. The van der Waals surface area contributed by atoms with Crippen LogP contribution in [0, 0.1) is 10.1 Å². The number of aromatic nitrogens is 2. The molecule has 0 fully saturated rings. The number of halogens is 1. The van der Waals surface area contributed by atoms with Gasteiger partial charge in [0.05, 0.1) is 12.0 Å². The number of rotatable bonds is 5. The lowest BCUT2D eigenvalue weighted by Crippen LogP contribution is -2.11. The van der Waals surface area contributed by atoms with Crippen molar-refractivity contribution < 1.29 is 14.5 Å². The van der Waals surface area contributed by atoms with Crippen molar-refractivity contribution in [2.24, 2.45) is 0 Å². The van der Waals surface area contributed by atoms with E-state index in [0.717, 1.165) is 11.3 Å². The highest BCUT2D eigenvalue weighted by Gasteiger charge is 2.16. The Hall–Kier alpha value is -3.04. The third-order valence-corrected chi connectivity index (χ3v) is 4.59. The lowest BCUT2D eigenvalue weighted by atomic mass is 10.2. The summed E-state index contributed by atoms with van der Waals surface area (Å²) < 4.78 is 5.05. The van der Waals surface area contributed by atoms with E-state index in [1.54, 1.807) is 37.4 Å². The van der Waals surface area contributed by atoms with Gasteiger partial charge in [-0.25, -0.2) is 0 Å². The first-order valence-electron chi connectivity index (χ1n) is 7.21. The van der Waals surface area contributed by atoms with Crippen molar-refractivity contribution in [3.05, 3.63) is 63.2 Å². The number of hydrogen-bond donors (Lipinski definition) is 1. The summed E-state index contributed by atoms with van der Waals surface area (Å²) in [5.74, 6) is 0.293. The topological polar surface area (TPSA) is 107 Å². The van der Waals surface area contributed by atoms with Crippen LogP contribution in [0.15, 0.2) is 42.5 Å². The number of nitro groups is 1. The van der Waals surface area contributed by atoms with Crippen molar-refractivity contribution in [2.75, 3.05) is 12.4 Å². The molecule has 0 saturated carbocycles. The molecular formula is C16H11ClN4O4S. The first-order valence-corrected chi connectivity index (χ1v) is 8.40. The Bertz CT molecular complexity index is 975. The molecule has 1 aromatic heterocycles. The molecule has 3 aromatic rings. The standard InChI is InChI=1S/C16H11ClN4O4S/c1-25-11-5-2-9(3-6-11)14(22)18-16-20-19-15(26-16)10-4-7-12(17)13(8-10)21(23)24/h2-8H,1H3,(H,18,20,22). The van der Waals surface area contributed by atoms with Gasteiger partial charge < -0.3 is 4.74 Å². The Kier molecular flexibility index (Phi) is 5.10. The molecule has 0 unspecified atom stereocenters. The van der Waals surface area contributed by atoms with Gasteiger partial charge in [0, 0.05) is 17.2 Å². The number of ether oxygens (including phenoxy) is 1. The zero-order chi connectivity index (χ0) is 18.7. The number of nitrogens with one attached hydrogen (secondary N) is 1. The lowest BCUT2D eigenvalue weighted by Gasteiger charge is -2.02. The third-order valence-electron chi connectivity index (χ3n) is 3.39. The number of nitro benzene ring substituents is 1. The number of benzene rings is 2. The number of amides is 1. The Morgan fingerprint density at radius 3 is 2.62 bits per heavy atom. The van der Waals surface area contributed by atoms with Gasteiger partial charge in [-0.2, -0.15) is 0 Å². The molecule has 1 N–H and O–H groups in total. The molecule has 26 heavy (non-hydrogen) atoms. The summed E-state index contributed by atoms with van der Waals surface area (Å²) in [7, 11) is 1.54. The highest BCUT2D eigenvalue weighted by atomic mass is 35.5. The molecule has 0 aliphatic carbocycles. The van der Waals surface area contributed by atoms with Gasteiger partial charge in [0.25, 0.3) is 11.6 Å². The molecule has 1 heterocycles. The Balaban J connectivity index is 1.78. The first kappa shape index (κ1) is 17.8. The average Bonchev–Trinajstić information content (AvgIpc) is 3.10. The van der Waals surface area contributed by atoms with E-state index in [4.69, 9.17) is 16.3 Å². The van der Waals surface area contributed by atoms with Crippen molar-refractivity contribution in [3.8, 4) is 16.3 Å². The fourth-order valence-corrected chi connectivity index (χ4v) is 3.01. The highest BCUT2D eigenvalue weighted by Crippen LogP contribution is 2.32. The van der Waals surface area contributed by atoms with E-state index in [0.29, 0.717) is 21.9 Å². The minimum atomic E-state index is -0.570. The largest absolute Gasteiger partial charge is 0.497 e. The van der Waals surface area contributed by atoms with Crippen LogP contribution in [0.2, 0.25) is 5.02 Å². The van der Waals surface area contributed by atoms with E-state index < -0.39 is 4.92 Å². The van der Waals surface area contributed by atoms with Crippen molar-refractivity contribution in [1.82, 2.24) is 10.2 Å². The Labute approximate surface area is 156 Å². The summed E-state index contributed by atoms with van der Waals surface area (Å²) in [6.45, 7) is 0. The fraction of sp³-hybridized carbons (Fsp3) is 0.0625. The molecule has 10 heteroatoms. The van der Waals surface area contributed by atoms with Crippen molar-refractivity contribution >= 4 is 39.7 Å². The molecule has 0 atom stereocenters. The first-order chi connectivity index (χ1) is 12.5.